The van der Waals surface area contributed by atoms with E-state index in [1.807, 2.05) is 24.3 Å². The van der Waals surface area contributed by atoms with Gasteiger partial charge in [-0.3, -0.25) is 4.98 Å². The Morgan fingerprint density at radius 2 is 2.09 bits per heavy atom. The van der Waals surface area contributed by atoms with Crippen LogP contribution in [0.5, 0.6) is 5.75 Å². The predicted molar refractivity (Wildman–Crippen MR) is 95.2 cm³/mol. The Kier molecular flexibility index (Phi) is 7.10. The van der Waals surface area contributed by atoms with Gasteiger partial charge in [0.1, 0.15) is 12.4 Å². The van der Waals surface area contributed by atoms with Crippen LogP contribution in [0.2, 0.25) is 0 Å². The zero-order valence-electron chi connectivity index (χ0n) is 14.1. The molecule has 0 unspecified atom stereocenters. The van der Waals surface area contributed by atoms with E-state index in [-0.39, 0.29) is 6.61 Å². The van der Waals surface area contributed by atoms with Gasteiger partial charge in [-0.15, -0.1) is 0 Å². The van der Waals surface area contributed by atoms with E-state index in [2.05, 4.69) is 29.0 Å². The summed E-state index contributed by atoms with van der Waals surface area (Å²) < 4.78 is 5.56. The Labute approximate surface area is 138 Å². The average Bonchev–Trinajstić information content (AvgIpc) is 2.60. The molecule has 0 saturated heterocycles. The third-order valence-corrected chi connectivity index (χ3v) is 3.90. The molecule has 0 atom stereocenters. The summed E-state index contributed by atoms with van der Waals surface area (Å²) in [6.07, 6.45) is 2.88. The number of benzene rings is 1. The van der Waals surface area contributed by atoms with Crippen LogP contribution in [0.3, 0.4) is 0 Å². The number of rotatable bonds is 10. The van der Waals surface area contributed by atoms with Crippen molar-refractivity contribution in [3.8, 4) is 5.75 Å². The third kappa shape index (κ3) is 5.08. The number of anilines is 1. The summed E-state index contributed by atoms with van der Waals surface area (Å²) in [6.45, 7) is 8.85. The second-order valence-electron chi connectivity index (χ2n) is 5.43. The zero-order valence-corrected chi connectivity index (χ0v) is 14.1. The van der Waals surface area contributed by atoms with E-state index in [4.69, 9.17) is 9.84 Å². The fourth-order valence-electron chi connectivity index (χ4n) is 2.61. The number of hydrogen-bond donors (Lipinski definition) is 2. The number of fused-ring (bicyclic) bond motifs is 1. The van der Waals surface area contributed by atoms with Gasteiger partial charge in [-0.2, -0.15) is 0 Å². The second-order valence-corrected chi connectivity index (χ2v) is 5.43. The first-order valence-electron chi connectivity index (χ1n) is 8.37. The van der Waals surface area contributed by atoms with Crippen LogP contribution in [0, 0.1) is 0 Å². The fraction of sp³-hybridized carbons (Fsp3) is 0.500. The number of nitrogens with zero attached hydrogens (tertiary/aromatic N) is 2. The van der Waals surface area contributed by atoms with Crippen LogP contribution >= 0.6 is 0 Å². The maximum atomic E-state index is 8.92. The molecule has 0 bridgehead atoms. The Bertz CT molecular complexity index is 600. The van der Waals surface area contributed by atoms with E-state index in [0.29, 0.717) is 6.61 Å². The van der Waals surface area contributed by atoms with Gasteiger partial charge >= 0.3 is 0 Å². The Balaban J connectivity index is 2.05. The predicted octanol–water partition coefficient (Wildman–Crippen LogP) is 2.75. The van der Waals surface area contributed by atoms with Crippen molar-refractivity contribution in [2.24, 2.45) is 0 Å². The number of hydrogen-bond acceptors (Lipinski definition) is 5. The molecule has 0 radical (unpaired) electrons. The molecule has 2 rings (SSSR count). The topological polar surface area (TPSA) is 57.6 Å². The molecule has 2 N–H and O–H groups in total. The monoisotopic (exact) mass is 317 g/mol. The quantitative estimate of drug-likeness (QED) is 0.660. The van der Waals surface area contributed by atoms with Crippen molar-refractivity contribution < 1.29 is 9.84 Å². The van der Waals surface area contributed by atoms with Gasteiger partial charge in [0.25, 0.3) is 0 Å². The number of ether oxygens (including phenoxy) is 1. The number of aliphatic hydroxyl groups is 1. The van der Waals surface area contributed by atoms with Crippen molar-refractivity contribution in [3.63, 3.8) is 0 Å². The highest BCUT2D eigenvalue weighted by Gasteiger charge is 2.06. The highest BCUT2D eigenvalue weighted by Crippen LogP contribution is 2.27. The van der Waals surface area contributed by atoms with Gasteiger partial charge in [0.2, 0.25) is 0 Å². The van der Waals surface area contributed by atoms with Crippen LogP contribution in [0.1, 0.15) is 20.3 Å². The molecule has 0 aliphatic rings. The summed E-state index contributed by atoms with van der Waals surface area (Å²) in [5, 5.41) is 13.4. The third-order valence-electron chi connectivity index (χ3n) is 3.90. The molecule has 0 fully saturated rings. The van der Waals surface area contributed by atoms with Crippen LogP contribution in [0.15, 0.2) is 30.5 Å². The molecule has 23 heavy (non-hydrogen) atoms. The summed E-state index contributed by atoms with van der Waals surface area (Å²) >= 11 is 0. The number of aliphatic hydroxyl groups excluding tert-OH is 1. The smallest absolute Gasteiger partial charge is 0.122 e. The van der Waals surface area contributed by atoms with E-state index < -0.39 is 0 Å². The summed E-state index contributed by atoms with van der Waals surface area (Å²) in [5.74, 6) is 0.755. The molecule has 5 heteroatoms. The largest absolute Gasteiger partial charge is 0.491 e. The maximum Gasteiger partial charge on any atom is 0.122 e. The molecular weight excluding hydrogens is 290 g/mol. The van der Waals surface area contributed by atoms with Gasteiger partial charge in [0.05, 0.1) is 17.8 Å². The van der Waals surface area contributed by atoms with Crippen molar-refractivity contribution in [2.45, 2.75) is 20.3 Å². The van der Waals surface area contributed by atoms with Crippen molar-refractivity contribution in [3.05, 3.63) is 30.5 Å². The van der Waals surface area contributed by atoms with Crippen molar-refractivity contribution >= 4 is 16.6 Å². The Morgan fingerprint density at radius 1 is 1.26 bits per heavy atom. The normalized spacial score (nSPS) is 11.1. The lowest BCUT2D eigenvalue weighted by molar-refractivity contribution is 0.201. The molecule has 2 aromatic rings. The Morgan fingerprint density at radius 3 is 2.83 bits per heavy atom. The molecule has 126 valence electrons. The van der Waals surface area contributed by atoms with Crippen LogP contribution < -0.4 is 10.1 Å². The molecule has 0 saturated carbocycles. The molecule has 0 spiro atoms. The van der Waals surface area contributed by atoms with Gasteiger partial charge in [-0.25, -0.2) is 0 Å². The minimum Gasteiger partial charge on any atom is -0.491 e. The molecular formula is C18H27N3O2. The van der Waals surface area contributed by atoms with Gasteiger partial charge in [0.15, 0.2) is 0 Å². The molecule has 0 aliphatic carbocycles. The first kappa shape index (κ1) is 17.5. The van der Waals surface area contributed by atoms with Crippen LogP contribution in [0.4, 0.5) is 5.69 Å². The standard InChI is InChI=1S/C18H27N3O2/c1-3-21(4-2)10-6-9-19-17-14-16(23-12-11-22)13-15-7-5-8-20-18(15)17/h5,7-8,13-14,19,22H,3-4,6,9-12H2,1-2H3. The molecule has 1 heterocycles. The molecule has 1 aromatic heterocycles. The van der Waals surface area contributed by atoms with E-state index in [9.17, 15) is 0 Å². The average molecular weight is 317 g/mol. The van der Waals surface area contributed by atoms with Gasteiger partial charge in [-0.1, -0.05) is 19.9 Å². The molecule has 1 aromatic carbocycles. The lowest BCUT2D eigenvalue weighted by Gasteiger charge is -2.18. The van der Waals surface area contributed by atoms with Crippen LogP contribution in [-0.4, -0.2) is 54.4 Å². The van der Waals surface area contributed by atoms with E-state index in [1.165, 1.54) is 0 Å². The minimum atomic E-state index is 0.0116. The lowest BCUT2D eigenvalue weighted by atomic mass is 10.1. The first-order valence-corrected chi connectivity index (χ1v) is 8.37. The number of aromatic nitrogens is 1. The Hall–Kier alpha value is -1.85. The molecule has 0 amide bonds. The summed E-state index contributed by atoms with van der Waals surface area (Å²) in [4.78, 5) is 6.89. The number of nitrogens with one attached hydrogen (secondary N) is 1. The van der Waals surface area contributed by atoms with Gasteiger partial charge in [-0.05, 0) is 38.2 Å². The summed E-state index contributed by atoms with van der Waals surface area (Å²) in [7, 11) is 0. The molecule has 0 aliphatic heterocycles. The van der Waals surface area contributed by atoms with Crippen LogP contribution in [-0.2, 0) is 0 Å². The zero-order chi connectivity index (χ0) is 16.5. The number of pyridine rings is 1. The van der Waals surface area contributed by atoms with Crippen molar-refractivity contribution in [1.82, 2.24) is 9.88 Å². The minimum absolute atomic E-state index is 0.0116. The van der Waals surface area contributed by atoms with Crippen molar-refractivity contribution in [1.29, 1.82) is 0 Å². The van der Waals surface area contributed by atoms with E-state index in [0.717, 1.165) is 54.9 Å². The van der Waals surface area contributed by atoms with E-state index >= 15 is 0 Å². The highest BCUT2D eigenvalue weighted by molar-refractivity contribution is 5.91. The maximum absolute atomic E-state index is 8.92. The fourth-order valence-corrected chi connectivity index (χ4v) is 2.61. The second kappa shape index (κ2) is 9.33. The highest BCUT2D eigenvalue weighted by atomic mass is 16.5. The summed E-state index contributed by atoms with van der Waals surface area (Å²) in [5.41, 5.74) is 1.93. The SMILES string of the molecule is CCN(CC)CCCNc1cc(OCCO)cc2cccnc12. The van der Waals surface area contributed by atoms with E-state index in [1.54, 1.807) is 6.20 Å². The molecule has 5 nitrogen and oxygen atoms in total. The van der Waals surface area contributed by atoms with Crippen molar-refractivity contribution in [2.75, 3.05) is 44.7 Å². The van der Waals surface area contributed by atoms with Gasteiger partial charge < -0.3 is 20.1 Å². The lowest BCUT2D eigenvalue weighted by Crippen LogP contribution is -2.25. The summed E-state index contributed by atoms with van der Waals surface area (Å²) in [6, 6.07) is 7.86. The van der Waals surface area contributed by atoms with Crippen LogP contribution in [0.25, 0.3) is 10.9 Å². The first-order chi connectivity index (χ1) is 11.3. The van der Waals surface area contributed by atoms with Gasteiger partial charge in [0, 0.05) is 24.2 Å².